The van der Waals surface area contributed by atoms with Crippen molar-refractivity contribution in [1.82, 2.24) is 0 Å². The SMILES string of the molecule is CC/C=C/CCC(Cl)C(=O)[O-].[Na+]. The van der Waals surface area contributed by atoms with Crippen molar-refractivity contribution in [2.75, 3.05) is 0 Å². The zero-order valence-corrected chi connectivity index (χ0v) is 10.3. The number of aliphatic carboxylic acids is 1. The van der Waals surface area contributed by atoms with Gasteiger partial charge in [0.15, 0.2) is 0 Å². The van der Waals surface area contributed by atoms with Crippen LogP contribution in [0, 0.1) is 0 Å². The van der Waals surface area contributed by atoms with Gasteiger partial charge in [0.2, 0.25) is 0 Å². The monoisotopic (exact) mass is 198 g/mol. The van der Waals surface area contributed by atoms with Gasteiger partial charge in [-0.2, -0.15) is 0 Å². The molecule has 0 N–H and O–H groups in total. The first-order chi connectivity index (χ1) is 5.18. The molecular formula is C8H12ClNaO2. The number of alkyl halides is 1. The molecule has 0 spiro atoms. The maximum atomic E-state index is 10.1. The Bertz CT molecular complexity index is 148. The summed E-state index contributed by atoms with van der Waals surface area (Å²) in [5.41, 5.74) is 0. The van der Waals surface area contributed by atoms with Crippen LogP contribution in [0.15, 0.2) is 12.2 Å². The van der Waals surface area contributed by atoms with Crippen molar-refractivity contribution >= 4 is 17.6 Å². The van der Waals surface area contributed by atoms with E-state index >= 15 is 0 Å². The molecule has 12 heavy (non-hydrogen) atoms. The van der Waals surface area contributed by atoms with Crippen LogP contribution in [-0.4, -0.2) is 11.3 Å². The third-order valence-corrected chi connectivity index (χ3v) is 1.64. The van der Waals surface area contributed by atoms with Crippen molar-refractivity contribution in [2.24, 2.45) is 0 Å². The largest absolute Gasteiger partial charge is 1.00 e. The van der Waals surface area contributed by atoms with Crippen LogP contribution in [0.4, 0.5) is 0 Å². The number of carbonyl (C=O) groups is 1. The Morgan fingerprint density at radius 1 is 1.58 bits per heavy atom. The zero-order valence-electron chi connectivity index (χ0n) is 7.55. The molecule has 0 bridgehead atoms. The van der Waals surface area contributed by atoms with E-state index in [2.05, 4.69) is 0 Å². The number of hydrogen-bond acceptors (Lipinski definition) is 2. The molecule has 0 fully saturated rings. The normalized spacial score (nSPS) is 12.5. The molecule has 0 saturated heterocycles. The van der Waals surface area contributed by atoms with Gasteiger partial charge in [0, 0.05) is 0 Å². The third-order valence-electron chi connectivity index (χ3n) is 1.24. The van der Waals surface area contributed by atoms with Crippen LogP contribution in [0.25, 0.3) is 0 Å². The first-order valence-corrected chi connectivity index (χ1v) is 4.12. The fourth-order valence-electron chi connectivity index (χ4n) is 0.645. The van der Waals surface area contributed by atoms with Crippen molar-refractivity contribution in [1.29, 1.82) is 0 Å². The minimum Gasteiger partial charge on any atom is -0.549 e. The summed E-state index contributed by atoms with van der Waals surface area (Å²) in [6.07, 6.45) is 6.03. The zero-order chi connectivity index (χ0) is 8.69. The van der Waals surface area contributed by atoms with E-state index in [0.29, 0.717) is 12.8 Å². The number of carboxylic acid groups (broad SMARTS) is 1. The van der Waals surface area contributed by atoms with Gasteiger partial charge in [-0.3, -0.25) is 0 Å². The summed E-state index contributed by atoms with van der Waals surface area (Å²) >= 11 is 5.40. The van der Waals surface area contributed by atoms with Crippen molar-refractivity contribution in [3.63, 3.8) is 0 Å². The second kappa shape index (κ2) is 9.59. The number of carboxylic acids is 1. The number of rotatable bonds is 5. The molecule has 0 aliphatic carbocycles. The quantitative estimate of drug-likeness (QED) is 0.294. The van der Waals surface area contributed by atoms with E-state index in [1.54, 1.807) is 0 Å². The molecule has 0 radical (unpaired) electrons. The van der Waals surface area contributed by atoms with E-state index < -0.39 is 11.3 Å². The molecular weight excluding hydrogens is 187 g/mol. The van der Waals surface area contributed by atoms with E-state index in [1.165, 1.54) is 0 Å². The maximum absolute atomic E-state index is 10.1. The molecule has 2 nitrogen and oxygen atoms in total. The van der Waals surface area contributed by atoms with Gasteiger partial charge in [0.05, 0.1) is 11.3 Å². The smallest absolute Gasteiger partial charge is 0.549 e. The topological polar surface area (TPSA) is 40.1 Å². The molecule has 0 rings (SSSR count). The van der Waals surface area contributed by atoms with Gasteiger partial charge in [-0.25, -0.2) is 0 Å². The Balaban J connectivity index is 0. The molecule has 0 saturated carbocycles. The average Bonchev–Trinajstić information content (AvgIpc) is 1.97. The van der Waals surface area contributed by atoms with E-state index in [9.17, 15) is 9.90 Å². The van der Waals surface area contributed by atoms with Crippen LogP contribution in [0.3, 0.4) is 0 Å². The second-order valence-electron chi connectivity index (χ2n) is 2.24. The van der Waals surface area contributed by atoms with Crippen LogP contribution in [-0.2, 0) is 4.79 Å². The van der Waals surface area contributed by atoms with E-state index in [0.717, 1.165) is 6.42 Å². The van der Waals surface area contributed by atoms with Gasteiger partial charge in [-0.05, 0) is 19.3 Å². The van der Waals surface area contributed by atoms with E-state index in [4.69, 9.17) is 11.6 Å². The maximum Gasteiger partial charge on any atom is 1.00 e. The van der Waals surface area contributed by atoms with Gasteiger partial charge in [0.1, 0.15) is 0 Å². The molecule has 0 amide bonds. The van der Waals surface area contributed by atoms with E-state index in [-0.39, 0.29) is 29.6 Å². The fraction of sp³-hybridized carbons (Fsp3) is 0.625. The van der Waals surface area contributed by atoms with Gasteiger partial charge >= 0.3 is 29.6 Å². The van der Waals surface area contributed by atoms with E-state index in [1.807, 2.05) is 19.1 Å². The van der Waals surface area contributed by atoms with Crippen LogP contribution in [0.1, 0.15) is 26.2 Å². The molecule has 64 valence electrons. The molecule has 0 aliphatic rings. The molecule has 1 unspecified atom stereocenters. The first-order valence-electron chi connectivity index (χ1n) is 3.68. The summed E-state index contributed by atoms with van der Waals surface area (Å²) in [6.45, 7) is 2.02. The Kier molecular flexibility index (Phi) is 12.0. The molecule has 0 aromatic rings. The second-order valence-corrected chi connectivity index (χ2v) is 2.77. The predicted octanol–water partition coefficient (Wildman–Crippen LogP) is -1.91. The molecule has 0 aromatic heterocycles. The number of halogens is 1. The molecule has 1 atom stereocenters. The van der Waals surface area contributed by atoms with Crippen LogP contribution < -0.4 is 34.7 Å². The predicted molar refractivity (Wildman–Crippen MR) is 43.3 cm³/mol. The number of carbonyl (C=O) groups excluding carboxylic acids is 1. The standard InChI is InChI=1S/C8H13ClO2.Na/c1-2-3-4-5-6-7(9)8(10)11;/h3-4,7H,2,5-6H2,1H3,(H,10,11);/q;+1/p-1/b4-3+;. The fourth-order valence-corrected chi connectivity index (χ4v) is 0.771. The van der Waals surface area contributed by atoms with Crippen molar-refractivity contribution < 1.29 is 39.5 Å². The Morgan fingerprint density at radius 3 is 2.58 bits per heavy atom. The number of allylic oxidation sites excluding steroid dienone is 2. The van der Waals surface area contributed by atoms with Crippen molar-refractivity contribution in [2.45, 2.75) is 31.6 Å². The van der Waals surface area contributed by atoms with Crippen LogP contribution >= 0.6 is 11.6 Å². The molecule has 4 heteroatoms. The van der Waals surface area contributed by atoms with Crippen LogP contribution in [0.5, 0.6) is 0 Å². The summed E-state index contributed by atoms with van der Waals surface area (Å²) in [5, 5.41) is 9.25. The molecule has 0 heterocycles. The third kappa shape index (κ3) is 8.60. The summed E-state index contributed by atoms with van der Waals surface area (Å²) in [7, 11) is 0. The van der Waals surface area contributed by atoms with Gasteiger partial charge in [-0.1, -0.05) is 19.1 Å². The van der Waals surface area contributed by atoms with Gasteiger partial charge < -0.3 is 9.90 Å². The van der Waals surface area contributed by atoms with Gasteiger partial charge in [0.25, 0.3) is 0 Å². The van der Waals surface area contributed by atoms with Crippen molar-refractivity contribution in [3.8, 4) is 0 Å². The Labute approximate surface area is 100 Å². The van der Waals surface area contributed by atoms with Gasteiger partial charge in [-0.15, -0.1) is 11.6 Å². The molecule has 0 aliphatic heterocycles. The summed E-state index contributed by atoms with van der Waals surface area (Å²) in [6, 6.07) is 0. The summed E-state index contributed by atoms with van der Waals surface area (Å²) in [4.78, 5) is 10.1. The minimum atomic E-state index is -1.18. The Morgan fingerprint density at radius 2 is 2.17 bits per heavy atom. The average molecular weight is 199 g/mol. The molecule has 0 aromatic carbocycles. The Hall–Kier alpha value is 0.500. The minimum absolute atomic E-state index is 0. The number of hydrogen-bond donors (Lipinski definition) is 0. The summed E-state index contributed by atoms with van der Waals surface area (Å²) in [5.74, 6) is -1.18. The first kappa shape index (κ1) is 15.0. The van der Waals surface area contributed by atoms with Crippen LogP contribution in [0.2, 0.25) is 0 Å². The summed E-state index contributed by atoms with van der Waals surface area (Å²) < 4.78 is 0. The van der Waals surface area contributed by atoms with Crippen molar-refractivity contribution in [3.05, 3.63) is 12.2 Å².